The van der Waals surface area contributed by atoms with Crippen molar-refractivity contribution < 1.29 is 33.7 Å². The Labute approximate surface area is 186 Å². The molecule has 0 aliphatic carbocycles. The van der Waals surface area contributed by atoms with Crippen molar-refractivity contribution in [1.82, 2.24) is 0 Å². The first kappa shape index (κ1) is 27.1. The number of rotatable bonds is 16. The van der Waals surface area contributed by atoms with Crippen LogP contribution in [0.3, 0.4) is 0 Å². The third-order valence-electron chi connectivity index (χ3n) is 5.33. The molecule has 1 aliphatic heterocycles. The number of aliphatic hydroxyl groups excluding tert-OH is 1. The summed E-state index contributed by atoms with van der Waals surface area (Å²) in [4.78, 5) is 34.6. The quantitative estimate of drug-likeness (QED) is 0.216. The second kappa shape index (κ2) is 15.8. The van der Waals surface area contributed by atoms with Crippen LogP contribution in [0, 0.1) is 0 Å². The van der Waals surface area contributed by atoms with Gasteiger partial charge in [0.15, 0.2) is 0 Å². The summed E-state index contributed by atoms with van der Waals surface area (Å²) in [6, 6.07) is 0. The van der Waals surface area contributed by atoms with Crippen molar-refractivity contribution in [3.63, 3.8) is 0 Å². The second-order valence-corrected chi connectivity index (χ2v) is 8.43. The van der Waals surface area contributed by atoms with Gasteiger partial charge in [0.05, 0.1) is 6.10 Å². The standard InChI is InChI=1S/C24H40O7/c1-4-5-6-7-8-9-10-12-20(27)15-22(29-18(2)25)17-23(30-19(3)26)16-21-13-11-14-24(28)31-21/h11,14,20-23,27H,4-10,12-13,15-17H2,1-3H3. The van der Waals surface area contributed by atoms with Crippen LogP contribution < -0.4 is 0 Å². The van der Waals surface area contributed by atoms with E-state index in [0.717, 1.165) is 12.8 Å². The normalized spacial score (nSPS) is 18.7. The highest BCUT2D eigenvalue weighted by Gasteiger charge is 2.28. The number of carbonyl (C=O) groups is 3. The highest BCUT2D eigenvalue weighted by molar-refractivity contribution is 5.82. The van der Waals surface area contributed by atoms with Crippen LogP contribution in [-0.4, -0.2) is 47.4 Å². The molecule has 0 fully saturated rings. The van der Waals surface area contributed by atoms with Crippen molar-refractivity contribution >= 4 is 17.9 Å². The zero-order valence-electron chi connectivity index (χ0n) is 19.3. The third kappa shape index (κ3) is 13.9. The summed E-state index contributed by atoms with van der Waals surface area (Å²) in [5.41, 5.74) is 0. The maximum absolute atomic E-state index is 11.6. The van der Waals surface area contributed by atoms with E-state index >= 15 is 0 Å². The Kier molecular flexibility index (Phi) is 13.9. The molecule has 178 valence electrons. The Bertz CT molecular complexity index is 572. The second-order valence-electron chi connectivity index (χ2n) is 8.43. The molecule has 0 aromatic carbocycles. The lowest BCUT2D eigenvalue weighted by molar-refractivity contribution is -0.156. The molecule has 7 nitrogen and oxygen atoms in total. The van der Waals surface area contributed by atoms with Crippen molar-refractivity contribution in [1.29, 1.82) is 0 Å². The third-order valence-corrected chi connectivity index (χ3v) is 5.33. The molecule has 1 N–H and O–H groups in total. The van der Waals surface area contributed by atoms with E-state index in [1.165, 1.54) is 52.0 Å². The van der Waals surface area contributed by atoms with Gasteiger partial charge in [-0.05, 0) is 6.42 Å². The number of hydrogen-bond acceptors (Lipinski definition) is 7. The predicted octanol–water partition coefficient (Wildman–Crippen LogP) is 4.39. The molecule has 0 amide bonds. The highest BCUT2D eigenvalue weighted by Crippen LogP contribution is 2.22. The topological polar surface area (TPSA) is 99.1 Å². The number of esters is 3. The van der Waals surface area contributed by atoms with Crippen LogP contribution in [0.2, 0.25) is 0 Å². The van der Waals surface area contributed by atoms with E-state index in [0.29, 0.717) is 19.3 Å². The molecule has 1 heterocycles. The monoisotopic (exact) mass is 440 g/mol. The molecule has 7 heteroatoms. The fourth-order valence-corrected chi connectivity index (χ4v) is 3.91. The van der Waals surface area contributed by atoms with Crippen molar-refractivity contribution in [3.05, 3.63) is 12.2 Å². The van der Waals surface area contributed by atoms with Crippen molar-refractivity contribution in [2.75, 3.05) is 0 Å². The Morgan fingerprint density at radius 3 is 2.26 bits per heavy atom. The summed E-state index contributed by atoms with van der Waals surface area (Å²) < 4.78 is 16.1. The number of carbonyl (C=O) groups excluding carboxylic acids is 3. The first-order valence-corrected chi connectivity index (χ1v) is 11.7. The van der Waals surface area contributed by atoms with E-state index in [2.05, 4.69) is 6.92 Å². The Hall–Kier alpha value is -1.89. The maximum atomic E-state index is 11.6. The van der Waals surface area contributed by atoms with E-state index in [1.807, 2.05) is 0 Å². The van der Waals surface area contributed by atoms with Gasteiger partial charge < -0.3 is 19.3 Å². The van der Waals surface area contributed by atoms with E-state index < -0.39 is 42.3 Å². The van der Waals surface area contributed by atoms with Crippen LogP contribution in [-0.2, 0) is 28.6 Å². The molecule has 4 atom stereocenters. The highest BCUT2D eigenvalue weighted by atomic mass is 16.6. The Balaban J connectivity index is 2.53. The fourth-order valence-electron chi connectivity index (χ4n) is 3.91. The van der Waals surface area contributed by atoms with Crippen LogP contribution >= 0.6 is 0 Å². The van der Waals surface area contributed by atoms with Crippen LogP contribution in [0.5, 0.6) is 0 Å². The van der Waals surface area contributed by atoms with Gasteiger partial charge in [-0.3, -0.25) is 9.59 Å². The molecule has 1 aliphatic rings. The van der Waals surface area contributed by atoms with Crippen LogP contribution in [0.15, 0.2) is 12.2 Å². The van der Waals surface area contributed by atoms with Crippen molar-refractivity contribution in [2.24, 2.45) is 0 Å². The van der Waals surface area contributed by atoms with Crippen LogP contribution in [0.25, 0.3) is 0 Å². The SMILES string of the molecule is CCCCCCCCCC(O)CC(CC(CC1CC=CC(=O)O1)OC(C)=O)OC(C)=O. The average molecular weight is 441 g/mol. The lowest BCUT2D eigenvalue weighted by atomic mass is 9.97. The molecule has 0 aromatic heterocycles. The maximum Gasteiger partial charge on any atom is 0.330 e. The molecule has 0 saturated carbocycles. The van der Waals surface area contributed by atoms with Gasteiger partial charge >= 0.3 is 17.9 Å². The number of ether oxygens (including phenoxy) is 3. The fraction of sp³-hybridized carbons (Fsp3) is 0.792. The van der Waals surface area contributed by atoms with Gasteiger partial charge in [-0.2, -0.15) is 0 Å². The molecular formula is C24H40O7. The number of hydrogen-bond donors (Lipinski definition) is 1. The summed E-state index contributed by atoms with van der Waals surface area (Å²) in [7, 11) is 0. The molecule has 0 radical (unpaired) electrons. The average Bonchev–Trinajstić information content (AvgIpc) is 2.66. The Morgan fingerprint density at radius 2 is 1.65 bits per heavy atom. The van der Waals surface area contributed by atoms with Gasteiger partial charge in [-0.1, -0.05) is 57.9 Å². The van der Waals surface area contributed by atoms with E-state index in [9.17, 15) is 19.5 Å². The Morgan fingerprint density at radius 1 is 1.03 bits per heavy atom. The van der Waals surface area contributed by atoms with E-state index in [4.69, 9.17) is 14.2 Å². The summed E-state index contributed by atoms with van der Waals surface area (Å²) >= 11 is 0. The van der Waals surface area contributed by atoms with Crippen LogP contribution in [0.4, 0.5) is 0 Å². The van der Waals surface area contributed by atoms with E-state index in [-0.39, 0.29) is 12.8 Å². The summed E-state index contributed by atoms with van der Waals surface area (Å²) in [5, 5.41) is 10.4. The smallest absolute Gasteiger partial charge is 0.330 e. The molecule has 0 saturated heterocycles. The van der Waals surface area contributed by atoms with Gasteiger partial charge in [0.2, 0.25) is 0 Å². The molecule has 0 aromatic rings. The van der Waals surface area contributed by atoms with Gasteiger partial charge in [0.1, 0.15) is 18.3 Å². The molecule has 31 heavy (non-hydrogen) atoms. The summed E-state index contributed by atoms with van der Waals surface area (Å²) in [6.45, 7) is 4.83. The minimum Gasteiger partial charge on any atom is -0.462 e. The van der Waals surface area contributed by atoms with E-state index in [1.54, 1.807) is 6.08 Å². The zero-order valence-corrected chi connectivity index (χ0v) is 19.3. The largest absolute Gasteiger partial charge is 0.462 e. The number of unbranched alkanes of at least 4 members (excludes halogenated alkanes) is 6. The first-order chi connectivity index (χ1) is 14.8. The van der Waals surface area contributed by atoms with Crippen molar-refractivity contribution in [2.45, 2.75) is 122 Å². The molecule has 1 rings (SSSR count). The van der Waals surface area contributed by atoms with Gasteiger partial charge in [-0.15, -0.1) is 0 Å². The summed E-state index contributed by atoms with van der Waals surface area (Å²) in [5.74, 6) is -1.31. The van der Waals surface area contributed by atoms with Crippen molar-refractivity contribution in [3.8, 4) is 0 Å². The predicted molar refractivity (Wildman–Crippen MR) is 117 cm³/mol. The minimum atomic E-state index is -0.589. The molecule has 0 spiro atoms. The lowest BCUT2D eigenvalue weighted by Crippen LogP contribution is -2.33. The minimum absolute atomic E-state index is 0.255. The molecule has 0 bridgehead atoms. The summed E-state index contributed by atoms with van der Waals surface area (Å²) in [6.07, 6.45) is 11.2. The van der Waals surface area contributed by atoms with Crippen LogP contribution in [0.1, 0.15) is 97.8 Å². The lowest BCUT2D eigenvalue weighted by Gasteiger charge is -2.28. The van der Waals surface area contributed by atoms with Gasteiger partial charge in [0.25, 0.3) is 0 Å². The van der Waals surface area contributed by atoms with Gasteiger partial charge in [-0.25, -0.2) is 4.79 Å². The molecular weight excluding hydrogens is 400 g/mol. The van der Waals surface area contributed by atoms with Gasteiger partial charge in [0, 0.05) is 45.6 Å². The number of cyclic esters (lactones) is 1. The number of aliphatic hydroxyl groups is 1. The zero-order chi connectivity index (χ0) is 23.1. The first-order valence-electron chi connectivity index (χ1n) is 11.7. The molecule has 4 unspecified atom stereocenters.